The normalized spacial score (nSPS) is 14.3. The van der Waals surface area contributed by atoms with E-state index in [-0.39, 0.29) is 17.6 Å². The van der Waals surface area contributed by atoms with Gasteiger partial charge < -0.3 is 9.80 Å². The highest BCUT2D eigenvalue weighted by Crippen LogP contribution is 2.19. The molecule has 0 unspecified atom stereocenters. The Kier molecular flexibility index (Phi) is 7.75. The first-order chi connectivity index (χ1) is 16.0. The van der Waals surface area contributed by atoms with Gasteiger partial charge in [-0.2, -0.15) is 0 Å². The van der Waals surface area contributed by atoms with Gasteiger partial charge in [-0.1, -0.05) is 41.9 Å². The summed E-state index contributed by atoms with van der Waals surface area (Å²) in [6.07, 6.45) is 0. The number of thiophene rings is 1. The van der Waals surface area contributed by atoms with Crippen molar-refractivity contribution in [1.29, 1.82) is 0 Å². The Morgan fingerprint density at radius 1 is 0.970 bits per heavy atom. The third kappa shape index (κ3) is 5.99. The van der Waals surface area contributed by atoms with Crippen LogP contribution in [0.5, 0.6) is 0 Å². The second-order valence-corrected chi connectivity index (χ2v) is 9.30. The van der Waals surface area contributed by atoms with Crippen molar-refractivity contribution >= 4 is 34.8 Å². The van der Waals surface area contributed by atoms with Crippen LogP contribution in [0.15, 0.2) is 66.0 Å². The molecule has 3 aromatic rings. The quantitative estimate of drug-likeness (QED) is 0.489. The Morgan fingerprint density at radius 2 is 1.70 bits per heavy atom. The van der Waals surface area contributed by atoms with Gasteiger partial charge >= 0.3 is 0 Å². The van der Waals surface area contributed by atoms with Gasteiger partial charge in [0, 0.05) is 45.8 Å². The first-order valence-corrected chi connectivity index (χ1v) is 12.1. The molecule has 1 aliphatic rings. The van der Waals surface area contributed by atoms with Crippen LogP contribution in [-0.4, -0.2) is 65.8 Å². The molecule has 0 aliphatic carbocycles. The van der Waals surface area contributed by atoms with Gasteiger partial charge in [-0.05, 0) is 41.3 Å². The topological polar surface area (TPSA) is 43.9 Å². The standard InChI is InChI=1S/C25H25ClFN3O2S/c26-22-5-2-1-4-21(22)24(31)29-14-11-28(12-15-29)13-16-30(25(32)23-6-3-17-33-23)18-19-7-9-20(27)10-8-19/h1-10,17H,11-16,18H2. The van der Waals surface area contributed by atoms with Crippen LogP contribution in [0.25, 0.3) is 0 Å². The molecule has 0 bridgehead atoms. The van der Waals surface area contributed by atoms with Gasteiger partial charge in [-0.15, -0.1) is 11.3 Å². The lowest BCUT2D eigenvalue weighted by Crippen LogP contribution is -2.50. The van der Waals surface area contributed by atoms with Gasteiger partial charge in [0.2, 0.25) is 0 Å². The summed E-state index contributed by atoms with van der Waals surface area (Å²) in [7, 11) is 0. The minimum atomic E-state index is -0.293. The number of carbonyl (C=O) groups is 2. The minimum Gasteiger partial charge on any atom is -0.336 e. The molecule has 4 rings (SSSR count). The number of benzene rings is 2. The van der Waals surface area contributed by atoms with E-state index in [0.717, 1.165) is 18.7 Å². The fourth-order valence-electron chi connectivity index (χ4n) is 3.86. The molecule has 2 heterocycles. The molecule has 172 valence electrons. The third-order valence-corrected chi connectivity index (χ3v) is 6.94. The Labute approximate surface area is 202 Å². The number of piperazine rings is 1. The maximum Gasteiger partial charge on any atom is 0.264 e. The fourth-order valence-corrected chi connectivity index (χ4v) is 4.77. The molecule has 1 saturated heterocycles. The molecule has 0 spiro atoms. The van der Waals surface area contributed by atoms with Crippen molar-refractivity contribution in [3.63, 3.8) is 0 Å². The lowest BCUT2D eigenvalue weighted by atomic mass is 10.1. The van der Waals surface area contributed by atoms with Gasteiger partial charge in [-0.25, -0.2) is 4.39 Å². The van der Waals surface area contributed by atoms with Crippen LogP contribution >= 0.6 is 22.9 Å². The zero-order chi connectivity index (χ0) is 23.2. The maximum absolute atomic E-state index is 13.3. The van der Waals surface area contributed by atoms with Crippen LogP contribution in [0.3, 0.4) is 0 Å². The van der Waals surface area contributed by atoms with Gasteiger partial charge in [0.1, 0.15) is 5.82 Å². The van der Waals surface area contributed by atoms with E-state index in [9.17, 15) is 14.0 Å². The molecule has 8 heteroatoms. The molecular weight excluding hydrogens is 461 g/mol. The molecule has 5 nitrogen and oxygen atoms in total. The van der Waals surface area contributed by atoms with Gasteiger partial charge in [0.05, 0.1) is 15.5 Å². The molecule has 2 aromatic carbocycles. The first-order valence-electron chi connectivity index (χ1n) is 10.8. The Balaban J connectivity index is 1.35. The van der Waals surface area contributed by atoms with E-state index in [4.69, 9.17) is 11.6 Å². The lowest BCUT2D eigenvalue weighted by molar-refractivity contribution is 0.0600. The maximum atomic E-state index is 13.3. The van der Waals surface area contributed by atoms with Crippen molar-refractivity contribution in [2.75, 3.05) is 39.3 Å². The second-order valence-electron chi connectivity index (χ2n) is 7.94. The van der Waals surface area contributed by atoms with Crippen molar-refractivity contribution in [3.05, 3.63) is 92.9 Å². The van der Waals surface area contributed by atoms with Crippen LogP contribution < -0.4 is 0 Å². The van der Waals surface area contributed by atoms with Crippen LogP contribution in [0, 0.1) is 5.82 Å². The van der Waals surface area contributed by atoms with Crippen molar-refractivity contribution < 1.29 is 14.0 Å². The summed E-state index contributed by atoms with van der Waals surface area (Å²) in [5.74, 6) is -0.369. The first kappa shape index (κ1) is 23.4. The lowest BCUT2D eigenvalue weighted by Gasteiger charge is -2.36. The van der Waals surface area contributed by atoms with E-state index >= 15 is 0 Å². The van der Waals surface area contributed by atoms with Crippen LogP contribution in [0.1, 0.15) is 25.6 Å². The van der Waals surface area contributed by atoms with Gasteiger partial charge in [-0.3, -0.25) is 14.5 Å². The number of halogens is 2. The molecule has 1 aromatic heterocycles. The van der Waals surface area contributed by atoms with Gasteiger partial charge in [0.15, 0.2) is 0 Å². The Morgan fingerprint density at radius 3 is 2.36 bits per heavy atom. The number of carbonyl (C=O) groups excluding carboxylic acids is 2. The molecule has 0 saturated carbocycles. The smallest absolute Gasteiger partial charge is 0.264 e. The number of nitrogens with zero attached hydrogens (tertiary/aromatic N) is 3. The van der Waals surface area contributed by atoms with Gasteiger partial charge in [0.25, 0.3) is 11.8 Å². The predicted molar refractivity (Wildman–Crippen MR) is 129 cm³/mol. The monoisotopic (exact) mass is 485 g/mol. The number of rotatable bonds is 7. The molecule has 0 radical (unpaired) electrons. The number of hydrogen-bond acceptors (Lipinski definition) is 4. The van der Waals surface area contributed by atoms with Crippen LogP contribution in [-0.2, 0) is 6.54 Å². The Bertz CT molecular complexity index is 1080. The number of amides is 2. The zero-order valence-corrected chi connectivity index (χ0v) is 19.7. The SMILES string of the molecule is O=C(c1cccs1)N(CCN1CCN(C(=O)c2ccccc2Cl)CC1)Cc1ccc(F)cc1. The fraction of sp³-hybridized carbons (Fsp3) is 0.280. The highest BCUT2D eigenvalue weighted by molar-refractivity contribution is 7.12. The molecule has 0 atom stereocenters. The van der Waals surface area contributed by atoms with E-state index in [1.807, 2.05) is 34.5 Å². The molecular formula is C25H25ClFN3O2S. The summed E-state index contributed by atoms with van der Waals surface area (Å²) in [5.41, 5.74) is 1.41. The second kappa shape index (κ2) is 10.9. The van der Waals surface area contributed by atoms with E-state index in [0.29, 0.717) is 48.2 Å². The van der Waals surface area contributed by atoms with E-state index in [1.165, 1.54) is 23.5 Å². The highest BCUT2D eigenvalue weighted by atomic mass is 35.5. The predicted octanol–water partition coefficient (Wildman–Crippen LogP) is 4.64. The summed E-state index contributed by atoms with van der Waals surface area (Å²) in [6, 6.07) is 17.0. The molecule has 2 amide bonds. The molecule has 0 N–H and O–H groups in total. The molecule has 1 fully saturated rings. The van der Waals surface area contributed by atoms with E-state index in [2.05, 4.69) is 4.90 Å². The highest BCUT2D eigenvalue weighted by Gasteiger charge is 2.24. The number of hydrogen-bond donors (Lipinski definition) is 0. The summed E-state index contributed by atoms with van der Waals surface area (Å²) in [4.78, 5) is 32.4. The summed E-state index contributed by atoms with van der Waals surface area (Å²) in [6.45, 7) is 4.35. The molecule has 33 heavy (non-hydrogen) atoms. The average Bonchev–Trinajstić information content (AvgIpc) is 3.38. The van der Waals surface area contributed by atoms with Crippen LogP contribution in [0.2, 0.25) is 5.02 Å². The van der Waals surface area contributed by atoms with Crippen molar-refractivity contribution in [2.24, 2.45) is 0 Å². The average molecular weight is 486 g/mol. The third-order valence-electron chi connectivity index (χ3n) is 5.76. The van der Waals surface area contributed by atoms with Crippen LogP contribution in [0.4, 0.5) is 4.39 Å². The summed E-state index contributed by atoms with van der Waals surface area (Å²) >= 11 is 7.60. The zero-order valence-electron chi connectivity index (χ0n) is 18.1. The largest absolute Gasteiger partial charge is 0.336 e. The van der Waals surface area contributed by atoms with Crippen molar-refractivity contribution in [1.82, 2.24) is 14.7 Å². The summed E-state index contributed by atoms with van der Waals surface area (Å²) < 4.78 is 13.3. The van der Waals surface area contributed by atoms with Crippen molar-refractivity contribution in [2.45, 2.75) is 6.54 Å². The summed E-state index contributed by atoms with van der Waals surface area (Å²) in [5, 5.41) is 2.35. The Hall–Kier alpha value is -2.74. The van der Waals surface area contributed by atoms with E-state index < -0.39 is 0 Å². The molecule has 1 aliphatic heterocycles. The van der Waals surface area contributed by atoms with Crippen molar-refractivity contribution in [3.8, 4) is 0 Å². The minimum absolute atomic E-state index is 0.0261. The van der Waals surface area contributed by atoms with E-state index in [1.54, 1.807) is 29.2 Å².